The fourth-order valence-electron chi connectivity index (χ4n) is 2.04. The molecule has 0 aliphatic carbocycles. The molecular weight excluding hydrogens is 210 g/mol. The van der Waals surface area contributed by atoms with Crippen LogP contribution in [0.15, 0.2) is 11.4 Å². The van der Waals surface area contributed by atoms with E-state index in [1.165, 1.54) is 10.4 Å². The van der Waals surface area contributed by atoms with Crippen LogP contribution in [0.1, 0.15) is 35.7 Å². The molecule has 0 amide bonds. The molecule has 0 bridgehead atoms. The number of thiophene rings is 1. The highest BCUT2D eigenvalue weighted by molar-refractivity contribution is 7.10. The minimum atomic E-state index is -0.730. The average molecular weight is 225 g/mol. The first-order valence-electron chi connectivity index (χ1n) is 5.20. The van der Waals surface area contributed by atoms with E-state index in [0.29, 0.717) is 0 Å². The number of nitrogens with one attached hydrogen (secondary N) is 1. The molecule has 2 heterocycles. The van der Waals surface area contributed by atoms with Crippen molar-refractivity contribution in [2.75, 3.05) is 0 Å². The molecule has 0 aromatic carbocycles. The number of hydrogen-bond acceptors (Lipinski definition) is 3. The zero-order chi connectivity index (χ0) is 10.8. The minimum absolute atomic E-state index is 0.227. The van der Waals surface area contributed by atoms with Crippen molar-refractivity contribution in [3.63, 3.8) is 0 Å². The summed E-state index contributed by atoms with van der Waals surface area (Å²) in [6.07, 6.45) is 2.78. The molecule has 82 valence electrons. The van der Waals surface area contributed by atoms with E-state index in [1.54, 1.807) is 11.3 Å². The van der Waals surface area contributed by atoms with Gasteiger partial charge in [0.2, 0.25) is 0 Å². The van der Waals surface area contributed by atoms with Gasteiger partial charge in [-0.3, -0.25) is 10.1 Å². The van der Waals surface area contributed by atoms with Crippen molar-refractivity contribution >= 4 is 17.3 Å². The van der Waals surface area contributed by atoms with Gasteiger partial charge >= 0.3 is 5.97 Å². The number of rotatable bonds is 2. The SMILES string of the molecule is Cc1cc(C2CCCC(C(=O)O)N2)cs1. The van der Waals surface area contributed by atoms with E-state index in [4.69, 9.17) is 5.11 Å². The molecule has 1 aromatic heterocycles. The predicted molar refractivity (Wildman–Crippen MR) is 60.2 cm³/mol. The average Bonchev–Trinajstić information content (AvgIpc) is 2.65. The lowest BCUT2D eigenvalue weighted by Gasteiger charge is -2.28. The molecule has 0 saturated carbocycles. The number of hydrogen-bond donors (Lipinski definition) is 2. The molecule has 2 N–H and O–H groups in total. The first-order valence-corrected chi connectivity index (χ1v) is 6.08. The number of carbonyl (C=O) groups is 1. The molecular formula is C11H15NO2S. The van der Waals surface area contributed by atoms with Gasteiger partial charge in [-0.05, 0) is 43.2 Å². The number of aliphatic carboxylic acids is 1. The summed E-state index contributed by atoms with van der Waals surface area (Å²) >= 11 is 1.72. The topological polar surface area (TPSA) is 49.3 Å². The van der Waals surface area contributed by atoms with E-state index in [2.05, 4.69) is 23.7 Å². The Hall–Kier alpha value is -0.870. The Morgan fingerprint density at radius 2 is 2.40 bits per heavy atom. The van der Waals surface area contributed by atoms with Crippen molar-refractivity contribution in [1.29, 1.82) is 0 Å². The lowest BCUT2D eigenvalue weighted by molar-refractivity contribution is -0.140. The van der Waals surface area contributed by atoms with Crippen molar-refractivity contribution in [3.8, 4) is 0 Å². The Balaban J connectivity index is 2.07. The number of piperidine rings is 1. The first-order chi connectivity index (χ1) is 7.16. The summed E-state index contributed by atoms with van der Waals surface area (Å²) in [7, 11) is 0. The molecule has 2 atom stereocenters. The van der Waals surface area contributed by atoms with Crippen molar-refractivity contribution in [1.82, 2.24) is 5.32 Å². The third-order valence-corrected chi connectivity index (χ3v) is 3.72. The molecule has 1 saturated heterocycles. The fourth-order valence-corrected chi connectivity index (χ4v) is 2.80. The second-order valence-corrected chi connectivity index (χ2v) is 5.15. The van der Waals surface area contributed by atoms with E-state index in [9.17, 15) is 4.79 Å². The van der Waals surface area contributed by atoms with Crippen LogP contribution in [-0.4, -0.2) is 17.1 Å². The Morgan fingerprint density at radius 3 is 3.00 bits per heavy atom. The van der Waals surface area contributed by atoms with E-state index in [0.717, 1.165) is 19.3 Å². The molecule has 1 aliphatic heterocycles. The van der Waals surface area contributed by atoms with Gasteiger partial charge in [0.1, 0.15) is 6.04 Å². The molecule has 2 rings (SSSR count). The summed E-state index contributed by atoms with van der Waals surface area (Å²) in [5, 5.41) is 14.3. The van der Waals surface area contributed by atoms with E-state index in [1.807, 2.05) is 0 Å². The smallest absolute Gasteiger partial charge is 0.320 e. The summed E-state index contributed by atoms with van der Waals surface area (Å²) < 4.78 is 0. The van der Waals surface area contributed by atoms with Crippen LogP contribution in [0.5, 0.6) is 0 Å². The van der Waals surface area contributed by atoms with Crippen LogP contribution in [0, 0.1) is 6.92 Å². The van der Waals surface area contributed by atoms with Crippen LogP contribution in [0.4, 0.5) is 0 Å². The summed E-state index contributed by atoms with van der Waals surface area (Å²) in [5.41, 5.74) is 1.24. The van der Waals surface area contributed by atoms with Gasteiger partial charge in [0.15, 0.2) is 0 Å². The highest BCUT2D eigenvalue weighted by Gasteiger charge is 2.26. The van der Waals surface area contributed by atoms with Crippen molar-refractivity contribution < 1.29 is 9.90 Å². The Morgan fingerprint density at radius 1 is 1.60 bits per heavy atom. The van der Waals surface area contributed by atoms with Gasteiger partial charge in [0, 0.05) is 10.9 Å². The Bertz CT molecular complexity index is 361. The maximum atomic E-state index is 10.9. The summed E-state index contributed by atoms with van der Waals surface area (Å²) in [4.78, 5) is 12.2. The minimum Gasteiger partial charge on any atom is -0.480 e. The maximum absolute atomic E-state index is 10.9. The zero-order valence-corrected chi connectivity index (χ0v) is 9.51. The first kappa shape index (κ1) is 10.6. The zero-order valence-electron chi connectivity index (χ0n) is 8.69. The van der Waals surface area contributed by atoms with Crippen LogP contribution in [0.25, 0.3) is 0 Å². The summed E-state index contributed by atoms with van der Waals surface area (Å²) in [6, 6.07) is 2.00. The molecule has 0 radical (unpaired) electrons. The fraction of sp³-hybridized carbons (Fsp3) is 0.545. The number of aryl methyl sites for hydroxylation is 1. The lowest BCUT2D eigenvalue weighted by atomic mass is 9.95. The molecule has 1 fully saturated rings. The predicted octanol–water partition coefficient (Wildman–Crippen LogP) is 2.32. The van der Waals surface area contributed by atoms with Crippen LogP contribution in [0.2, 0.25) is 0 Å². The van der Waals surface area contributed by atoms with Gasteiger partial charge in [0.05, 0.1) is 0 Å². The molecule has 1 aliphatic rings. The third-order valence-electron chi connectivity index (χ3n) is 2.84. The van der Waals surface area contributed by atoms with E-state index >= 15 is 0 Å². The van der Waals surface area contributed by atoms with Gasteiger partial charge in [-0.15, -0.1) is 11.3 Å². The molecule has 1 aromatic rings. The second kappa shape index (κ2) is 4.33. The largest absolute Gasteiger partial charge is 0.480 e. The number of carboxylic acids is 1. The monoisotopic (exact) mass is 225 g/mol. The highest BCUT2D eigenvalue weighted by Crippen LogP contribution is 2.28. The molecule has 3 nitrogen and oxygen atoms in total. The maximum Gasteiger partial charge on any atom is 0.320 e. The van der Waals surface area contributed by atoms with Crippen molar-refractivity contribution in [2.24, 2.45) is 0 Å². The molecule has 15 heavy (non-hydrogen) atoms. The van der Waals surface area contributed by atoms with Crippen LogP contribution < -0.4 is 5.32 Å². The van der Waals surface area contributed by atoms with Crippen LogP contribution in [0.3, 0.4) is 0 Å². The third kappa shape index (κ3) is 2.38. The standard InChI is InChI=1S/C11H15NO2S/c1-7-5-8(6-15-7)9-3-2-4-10(12-9)11(13)14/h5-6,9-10,12H,2-4H2,1H3,(H,13,14). The van der Waals surface area contributed by atoms with Crippen LogP contribution >= 0.6 is 11.3 Å². The second-order valence-electron chi connectivity index (χ2n) is 4.03. The molecule has 0 spiro atoms. The molecule has 4 heteroatoms. The number of carboxylic acid groups (broad SMARTS) is 1. The molecule has 2 unspecified atom stereocenters. The van der Waals surface area contributed by atoms with E-state index < -0.39 is 5.97 Å². The van der Waals surface area contributed by atoms with Gasteiger partial charge in [-0.1, -0.05) is 0 Å². The lowest BCUT2D eigenvalue weighted by Crippen LogP contribution is -2.42. The highest BCUT2D eigenvalue weighted by atomic mass is 32.1. The van der Waals surface area contributed by atoms with Crippen LogP contribution in [-0.2, 0) is 4.79 Å². The Kier molecular flexibility index (Phi) is 3.07. The van der Waals surface area contributed by atoms with Gasteiger partial charge in [-0.2, -0.15) is 0 Å². The van der Waals surface area contributed by atoms with Gasteiger partial charge in [-0.25, -0.2) is 0 Å². The van der Waals surface area contributed by atoms with Gasteiger partial charge in [0.25, 0.3) is 0 Å². The van der Waals surface area contributed by atoms with Crippen molar-refractivity contribution in [3.05, 3.63) is 21.9 Å². The Labute approximate surface area is 93.1 Å². The quantitative estimate of drug-likeness (QED) is 0.812. The van der Waals surface area contributed by atoms with Crippen molar-refractivity contribution in [2.45, 2.75) is 38.3 Å². The summed E-state index contributed by atoms with van der Waals surface area (Å²) in [5.74, 6) is -0.730. The summed E-state index contributed by atoms with van der Waals surface area (Å²) in [6.45, 7) is 2.08. The van der Waals surface area contributed by atoms with E-state index in [-0.39, 0.29) is 12.1 Å². The normalized spacial score (nSPS) is 26.5. The van der Waals surface area contributed by atoms with Gasteiger partial charge < -0.3 is 5.11 Å².